The fourth-order valence-corrected chi connectivity index (χ4v) is 1.77. The first-order valence-corrected chi connectivity index (χ1v) is 6.44. The van der Waals surface area contributed by atoms with E-state index in [1.165, 1.54) is 18.2 Å². The first-order valence-electron chi connectivity index (χ1n) is 6.44. The molecule has 0 unspecified atom stereocenters. The molecule has 0 aliphatic carbocycles. The standard InChI is InChI=1S/C16H16FNO2/c1-2-12-5-3-8-15(9-12)20-11-16(19)18-14-7-4-6-13(17)10-14/h3-10H,2,11H2,1H3,(H,18,19). The lowest BCUT2D eigenvalue weighted by atomic mass is 10.2. The second-order valence-electron chi connectivity index (χ2n) is 4.35. The summed E-state index contributed by atoms with van der Waals surface area (Å²) in [5.74, 6) is -0.0596. The molecule has 1 amide bonds. The fraction of sp³-hybridized carbons (Fsp3) is 0.188. The molecule has 2 aromatic carbocycles. The van der Waals surface area contributed by atoms with Crippen molar-refractivity contribution in [1.82, 2.24) is 0 Å². The van der Waals surface area contributed by atoms with Crippen LogP contribution in [-0.2, 0) is 11.2 Å². The summed E-state index contributed by atoms with van der Waals surface area (Å²) >= 11 is 0. The van der Waals surface area contributed by atoms with Crippen molar-refractivity contribution in [2.24, 2.45) is 0 Å². The minimum atomic E-state index is -0.389. The lowest BCUT2D eigenvalue weighted by Gasteiger charge is -2.08. The second kappa shape index (κ2) is 6.70. The number of nitrogens with one attached hydrogen (secondary N) is 1. The van der Waals surface area contributed by atoms with Gasteiger partial charge in [-0.25, -0.2) is 4.39 Å². The number of hydrogen-bond acceptors (Lipinski definition) is 2. The molecule has 2 rings (SSSR count). The SMILES string of the molecule is CCc1cccc(OCC(=O)Nc2cccc(F)c2)c1. The molecule has 0 bridgehead atoms. The highest BCUT2D eigenvalue weighted by atomic mass is 19.1. The van der Waals surface area contributed by atoms with Gasteiger partial charge in [0.25, 0.3) is 5.91 Å². The average molecular weight is 273 g/mol. The minimum Gasteiger partial charge on any atom is -0.484 e. The maximum atomic E-state index is 13.0. The number of anilines is 1. The Labute approximate surface area is 117 Å². The molecule has 0 fully saturated rings. The van der Waals surface area contributed by atoms with Gasteiger partial charge in [0.15, 0.2) is 6.61 Å². The number of benzene rings is 2. The summed E-state index contributed by atoms with van der Waals surface area (Å²) < 4.78 is 18.4. The van der Waals surface area contributed by atoms with Crippen LogP contribution in [0.25, 0.3) is 0 Å². The van der Waals surface area contributed by atoms with E-state index in [1.54, 1.807) is 12.1 Å². The van der Waals surface area contributed by atoms with E-state index in [2.05, 4.69) is 12.2 Å². The van der Waals surface area contributed by atoms with Gasteiger partial charge in [-0.15, -0.1) is 0 Å². The van der Waals surface area contributed by atoms with Crippen molar-refractivity contribution in [3.8, 4) is 5.75 Å². The van der Waals surface area contributed by atoms with E-state index in [1.807, 2.05) is 18.2 Å². The van der Waals surface area contributed by atoms with Crippen molar-refractivity contribution < 1.29 is 13.9 Å². The van der Waals surface area contributed by atoms with Crippen LogP contribution in [0.1, 0.15) is 12.5 Å². The smallest absolute Gasteiger partial charge is 0.262 e. The fourth-order valence-electron chi connectivity index (χ4n) is 1.77. The summed E-state index contributed by atoms with van der Waals surface area (Å²) in [5.41, 5.74) is 1.56. The van der Waals surface area contributed by atoms with Crippen molar-refractivity contribution in [1.29, 1.82) is 0 Å². The van der Waals surface area contributed by atoms with Gasteiger partial charge in [-0.05, 0) is 42.3 Å². The molecule has 0 atom stereocenters. The zero-order valence-corrected chi connectivity index (χ0v) is 11.2. The summed E-state index contributed by atoms with van der Waals surface area (Å²) in [4.78, 5) is 11.7. The molecular formula is C16H16FNO2. The third kappa shape index (κ3) is 4.09. The van der Waals surface area contributed by atoms with Crippen LogP contribution in [0.5, 0.6) is 5.75 Å². The van der Waals surface area contributed by atoms with Gasteiger partial charge >= 0.3 is 0 Å². The molecule has 3 nitrogen and oxygen atoms in total. The Morgan fingerprint density at radius 2 is 2.00 bits per heavy atom. The third-order valence-corrected chi connectivity index (χ3v) is 2.78. The van der Waals surface area contributed by atoms with Gasteiger partial charge < -0.3 is 10.1 Å². The molecule has 0 saturated heterocycles. The van der Waals surface area contributed by atoms with Crippen LogP contribution in [0.2, 0.25) is 0 Å². The van der Waals surface area contributed by atoms with E-state index < -0.39 is 0 Å². The predicted octanol–water partition coefficient (Wildman–Crippen LogP) is 3.41. The highest BCUT2D eigenvalue weighted by Crippen LogP contribution is 2.14. The molecule has 2 aromatic rings. The van der Waals surface area contributed by atoms with E-state index >= 15 is 0 Å². The van der Waals surface area contributed by atoms with Gasteiger partial charge in [0.05, 0.1) is 0 Å². The van der Waals surface area contributed by atoms with Crippen LogP contribution in [-0.4, -0.2) is 12.5 Å². The van der Waals surface area contributed by atoms with Gasteiger partial charge in [0, 0.05) is 5.69 Å². The van der Waals surface area contributed by atoms with Crippen molar-refractivity contribution >= 4 is 11.6 Å². The van der Waals surface area contributed by atoms with E-state index in [0.717, 1.165) is 12.0 Å². The zero-order valence-electron chi connectivity index (χ0n) is 11.2. The number of rotatable bonds is 5. The topological polar surface area (TPSA) is 38.3 Å². The Hall–Kier alpha value is -2.36. The molecule has 104 valence electrons. The van der Waals surface area contributed by atoms with Crippen LogP contribution < -0.4 is 10.1 Å². The number of halogens is 1. The first-order chi connectivity index (χ1) is 9.67. The molecule has 4 heteroatoms. The molecule has 0 spiro atoms. The van der Waals surface area contributed by atoms with Crippen molar-refractivity contribution in [3.05, 3.63) is 59.9 Å². The number of carbonyl (C=O) groups is 1. The van der Waals surface area contributed by atoms with Crippen LogP contribution in [0, 0.1) is 5.82 Å². The summed E-state index contributed by atoms with van der Waals surface area (Å²) in [6, 6.07) is 13.3. The molecule has 0 aliphatic heterocycles. The Balaban J connectivity index is 1.88. The lowest BCUT2D eigenvalue weighted by Crippen LogP contribution is -2.20. The predicted molar refractivity (Wildman–Crippen MR) is 76.3 cm³/mol. The third-order valence-electron chi connectivity index (χ3n) is 2.78. The minimum absolute atomic E-state index is 0.107. The Kier molecular flexibility index (Phi) is 4.71. The Morgan fingerprint density at radius 3 is 2.75 bits per heavy atom. The van der Waals surface area contributed by atoms with E-state index in [9.17, 15) is 9.18 Å². The monoisotopic (exact) mass is 273 g/mol. The molecular weight excluding hydrogens is 257 g/mol. The highest BCUT2D eigenvalue weighted by Gasteiger charge is 2.04. The zero-order chi connectivity index (χ0) is 14.4. The van der Waals surface area contributed by atoms with Crippen molar-refractivity contribution in [3.63, 3.8) is 0 Å². The molecule has 0 aliphatic rings. The maximum absolute atomic E-state index is 13.0. The average Bonchev–Trinajstić information content (AvgIpc) is 2.45. The Morgan fingerprint density at radius 1 is 1.20 bits per heavy atom. The first kappa shape index (κ1) is 14.1. The van der Waals surface area contributed by atoms with Gasteiger partial charge in [-0.1, -0.05) is 25.1 Å². The summed E-state index contributed by atoms with van der Waals surface area (Å²) in [6.45, 7) is 1.94. The van der Waals surface area contributed by atoms with Crippen LogP contribution in [0.15, 0.2) is 48.5 Å². The number of amides is 1. The van der Waals surface area contributed by atoms with Gasteiger partial charge in [-0.2, -0.15) is 0 Å². The van der Waals surface area contributed by atoms with Gasteiger partial charge in [-0.3, -0.25) is 4.79 Å². The van der Waals surface area contributed by atoms with Crippen LogP contribution in [0.4, 0.5) is 10.1 Å². The second-order valence-corrected chi connectivity index (χ2v) is 4.35. The molecule has 0 heterocycles. The number of hydrogen-bond donors (Lipinski definition) is 1. The summed E-state index contributed by atoms with van der Waals surface area (Å²) in [6.07, 6.45) is 0.909. The lowest BCUT2D eigenvalue weighted by molar-refractivity contribution is -0.118. The number of carbonyl (C=O) groups excluding carboxylic acids is 1. The quantitative estimate of drug-likeness (QED) is 0.906. The number of aryl methyl sites for hydroxylation is 1. The van der Waals surface area contributed by atoms with E-state index in [-0.39, 0.29) is 18.3 Å². The summed E-state index contributed by atoms with van der Waals surface area (Å²) in [7, 11) is 0. The van der Waals surface area contributed by atoms with Crippen LogP contribution >= 0.6 is 0 Å². The molecule has 1 N–H and O–H groups in total. The molecule has 0 radical (unpaired) electrons. The largest absolute Gasteiger partial charge is 0.484 e. The van der Waals surface area contributed by atoms with Crippen molar-refractivity contribution in [2.45, 2.75) is 13.3 Å². The van der Waals surface area contributed by atoms with E-state index in [4.69, 9.17) is 4.74 Å². The molecule has 0 saturated carbocycles. The van der Waals surface area contributed by atoms with E-state index in [0.29, 0.717) is 11.4 Å². The summed E-state index contributed by atoms with van der Waals surface area (Å²) in [5, 5.41) is 2.58. The van der Waals surface area contributed by atoms with Gasteiger partial charge in [0.1, 0.15) is 11.6 Å². The normalized spacial score (nSPS) is 10.1. The number of ether oxygens (including phenoxy) is 1. The Bertz CT molecular complexity index is 599. The van der Waals surface area contributed by atoms with Gasteiger partial charge in [0.2, 0.25) is 0 Å². The highest BCUT2D eigenvalue weighted by molar-refractivity contribution is 5.91. The van der Waals surface area contributed by atoms with Crippen molar-refractivity contribution in [2.75, 3.05) is 11.9 Å². The molecule has 20 heavy (non-hydrogen) atoms. The molecule has 0 aromatic heterocycles. The van der Waals surface area contributed by atoms with Crippen LogP contribution in [0.3, 0.4) is 0 Å². The maximum Gasteiger partial charge on any atom is 0.262 e.